The molecule has 0 aliphatic carbocycles. The number of nitrogens with one attached hydrogen (secondary N) is 3. The minimum absolute atomic E-state index is 0.284. The van der Waals surface area contributed by atoms with Crippen molar-refractivity contribution in [2.24, 2.45) is 0 Å². The van der Waals surface area contributed by atoms with Gasteiger partial charge in [-0.3, -0.25) is 9.59 Å². The molecule has 5 rings (SSSR count). The predicted octanol–water partition coefficient (Wildman–Crippen LogP) is 4.18. The van der Waals surface area contributed by atoms with E-state index in [2.05, 4.69) is 20.6 Å². The number of amides is 2. The highest BCUT2D eigenvalue weighted by Gasteiger charge is 2.17. The van der Waals surface area contributed by atoms with Gasteiger partial charge < -0.3 is 20.2 Å². The Kier molecular flexibility index (Phi) is 5.85. The first-order valence-electron chi connectivity index (χ1n) is 10.9. The maximum Gasteiger partial charge on any atom is 0.251 e. The van der Waals surface area contributed by atoms with Gasteiger partial charge >= 0.3 is 0 Å². The second-order valence-corrected chi connectivity index (χ2v) is 9.02. The fourth-order valence-electron chi connectivity index (χ4n) is 3.80. The minimum Gasteiger partial charge on any atom is -0.361 e. The van der Waals surface area contributed by atoms with Crippen LogP contribution in [-0.2, 0) is 11.2 Å². The lowest BCUT2D eigenvalue weighted by Gasteiger charge is -2.14. The van der Waals surface area contributed by atoms with Crippen molar-refractivity contribution in [2.45, 2.75) is 19.4 Å². The minimum atomic E-state index is -0.708. The lowest BCUT2D eigenvalue weighted by Crippen LogP contribution is -2.45. The molecule has 3 N–H and O–H groups in total. The third-order valence-corrected chi connectivity index (χ3v) is 6.66. The van der Waals surface area contributed by atoms with Gasteiger partial charge in [0.05, 0.1) is 10.2 Å². The third kappa shape index (κ3) is 4.42. The summed E-state index contributed by atoms with van der Waals surface area (Å²) < 4.78 is 16.3. The van der Waals surface area contributed by atoms with Gasteiger partial charge in [0.25, 0.3) is 5.91 Å². The highest BCUT2D eigenvalue weighted by atomic mass is 32.1. The average Bonchev–Trinajstić information content (AvgIpc) is 3.58. The van der Waals surface area contributed by atoms with Crippen LogP contribution < -0.4 is 10.6 Å². The molecule has 7 nitrogen and oxygen atoms in total. The van der Waals surface area contributed by atoms with Crippen LogP contribution in [0.5, 0.6) is 0 Å². The Morgan fingerprint density at radius 3 is 2.82 bits per heavy atom. The molecule has 0 spiro atoms. The zero-order valence-corrected chi connectivity index (χ0v) is 19.2. The van der Waals surface area contributed by atoms with Crippen LogP contribution >= 0.6 is 11.3 Å². The van der Waals surface area contributed by atoms with E-state index in [9.17, 15) is 14.0 Å². The second kappa shape index (κ2) is 9.11. The van der Waals surface area contributed by atoms with Gasteiger partial charge in [0.2, 0.25) is 5.91 Å². The van der Waals surface area contributed by atoms with Crippen LogP contribution in [0.1, 0.15) is 22.8 Å². The summed E-state index contributed by atoms with van der Waals surface area (Å²) in [6.45, 7) is 2.02. The summed E-state index contributed by atoms with van der Waals surface area (Å²) in [5, 5.41) is 7.20. The first kappa shape index (κ1) is 21.8. The van der Waals surface area contributed by atoms with Crippen LogP contribution in [-0.4, -0.2) is 38.9 Å². The molecule has 2 aromatic carbocycles. The van der Waals surface area contributed by atoms with E-state index in [0.717, 1.165) is 31.8 Å². The molecule has 0 aliphatic heterocycles. The second-order valence-electron chi connectivity index (χ2n) is 8.01. The maximum atomic E-state index is 13.5. The molecule has 3 heterocycles. The van der Waals surface area contributed by atoms with E-state index >= 15 is 0 Å². The summed E-state index contributed by atoms with van der Waals surface area (Å²) in [4.78, 5) is 32.9. The Bertz CT molecular complexity index is 1490. The Balaban J connectivity index is 1.18. The molecule has 172 valence electrons. The highest BCUT2D eigenvalue weighted by molar-refractivity contribution is 7.20. The number of hydrogen-bond acceptors (Lipinski definition) is 4. The molecule has 3 aromatic heterocycles. The van der Waals surface area contributed by atoms with E-state index in [0.29, 0.717) is 18.5 Å². The number of benzene rings is 2. The Labute approximate surface area is 198 Å². The molecule has 5 aromatic rings. The van der Waals surface area contributed by atoms with Gasteiger partial charge in [-0.25, -0.2) is 9.37 Å². The number of nitrogens with zero attached hydrogens (tertiary/aromatic N) is 2. The van der Waals surface area contributed by atoms with Crippen LogP contribution in [0, 0.1) is 5.82 Å². The molecule has 0 bridgehead atoms. The zero-order valence-electron chi connectivity index (χ0n) is 18.3. The lowest BCUT2D eigenvalue weighted by molar-refractivity contribution is -0.122. The van der Waals surface area contributed by atoms with Crippen LogP contribution in [0.25, 0.3) is 26.3 Å². The van der Waals surface area contributed by atoms with Crippen molar-refractivity contribution in [1.82, 2.24) is 25.2 Å². The predicted molar refractivity (Wildman–Crippen MR) is 131 cm³/mol. The number of halogens is 1. The van der Waals surface area contributed by atoms with Crippen molar-refractivity contribution in [3.05, 3.63) is 84.1 Å². The van der Waals surface area contributed by atoms with Gasteiger partial charge in [-0.05, 0) is 67.4 Å². The normalized spacial score (nSPS) is 12.2. The first-order chi connectivity index (χ1) is 16.5. The first-order valence-corrected chi connectivity index (χ1v) is 11.7. The summed E-state index contributed by atoms with van der Waals surface area (Å²) in [5.74, 6) is -0.910. The number of carbonyl (C=O) groups excluding carboxylic acids is 2. The molecule has 0 fully saturated rings. The number of aromatic amines is 1. The molecule has 0 aliphatic rings. The van der Waals surface area contributed by atoms with Crippen molar-refractivity contribution in [3.63, 3.8) is 0 Å². The molecular formula is C25H22FN5O2S. The maximum absolute atomic E-state index is 13.5. The number of fused-ring (bicyclic) bond motifs is 2. The number of aromatic nitrogens is 3. The van der Waals surface area contributed by atoms with E-state index in [1.807, 2.05) is 41.4 Å². The number of rotatable bonds is 7. The fraction of sp³-hybridized carbons (Fsp3) is 0.160. The van der Waals surface area contributed by atoms with Gasteiger partial charge in [0.1, 0.15) is 11.9 Å². The summed E-state index contributed by atoms with van der Waals surface area (Å²) in [5.41, 5.74) is 3.05. The van der Waals surface area contributed by atoms with Gasteiger partial charge in [-0.2, -0.15) is 0 Å². The Morgan fingerprint density at radius 1 is 1.18 bits per heavy atom. The smallest absolute Gasteiger partial charge is 0.251 e. The van der Waals surface area contributed by atoms with Crippen LogP contribution in [0.4, 0.5) is 4.39 Å². The molecular weight excluding hydrogens is 453 g/mol. The molecule has 9 heteroatoms. The fourth-order valence-corrected chi connectivity index (χ4v) is 4.77. The van der Waals surface area contributed by atoms with Crippen molar-refractivity contribution in [2.75, 3.05) is 6.54 Å². The molecule has 34 heavy (non-hydrogen) atoms. The van der Waals surface area contributed by atoms with Crippen LogP contribution in [0.3, 0.4) is 0 Å². The zero-order chi connectivity index (χ0) is 23.7. The van der Waals surface area contributed by atoms with E-state index in [-0.39, 0.29) is 17.6 Å². The third-order valence-electron chi connectivity index (χ3n) is 5.63. The average molecular weight is 476 g/mol. The van der Waals surface area contributed by atoms with Crippen molar-refractivity contribution in [3.8, 4) is 5.13 Å². The number of carbonyl (C=O) groups is 2. The van der Waals surface area contributed by atoms with Crippen molar-refractivity contribution < 1.29 is 14.0 Å². The number of thiazole rings is 1. The van der Waals surface area contributed by atoms with Gasteiger partial charge in [-0.1, -0.05) is 11.3 Å². The largest absolute Gasteiger partial charge is 0.361 e. The van der Waals surface area contributed by atoms with Crippen molar-refractivity contribution >= 4 is 44.3 Å². The van der Waals surface area contributed by atoms with E-state index in [1.54, 1.807) is 25.1 Å². The number of hydrogen-bond donors (Lipinski definition) is 3. The summed E-state index contributed by atoms with van der Waals surface area (Å²) in [6, 6.07) is 13.0. The monoisotopic (exact) mass is 475 g/mol. The van der Waals surface area contributed by atoms with Crippen molar-refractivity contribution in [1.29, 1.82) is 0 Å². The van der Waals surface area contributed by atoms with Crippen LogP contribution in [0.15, 0.2) is 67.1 Å². The van der Waals surface area contributed by atoms with E-state index in [1.165, 1.54) is 23.5 Å². The summed E-state index contributed by atoms with van der Waals surface area (Å²) in [7, 11) is 0. The van der Waals surface area contributed by atoms with Gasteiger partial charge in [0.15, 0.2) is 5.13 Å². The lowest BCUT2D eigenvalue weighted by atomic mass is 10.1. The topological polar surface area (TPSA) is 91.8 Å². The SMILES string of the molecule is CC(NC(=O)c1ccc2nc(-n3cccc3)sc2c1)C(=O)NCCc1c[nH]c2ccc(F)cc12. The Hall–Kier alpha value is -3.98. The van der Waals surface area contributed by atoms with Gasteiger partial charge in [-0.15, -0.1) is 0 Å². The van der Waals surface area contributed by atoms with Crippen LogP contribution in [0.2, 0.25) is 0 Å². The molecule has 0 saturated carbocycles. The quantitative estimate of drug-likeness (QED) is 0.330. The van der Waals surface area contributed by atoms with E-state index in [4.69, 9.17) is 0 Å². The molecule has 0 saturated heterocycles. The number of H-pyrrole nitrogens is 1. The highest BCUT2D eigenvalue weighted by Crippen LogP contribution is 2.26. The van der Waals surface area contributed by atoms with Gasteiger partial charge in [0, 0.05) is 41.6 Å². The molecule has 1 unspecified atom stereocenters. The summed E-state index contributed by atoms with van der Waals surface area (Å²) >= 11 is 1.49. The van der Waals surface area contributed by atoms with E-state index < -0.39 is 6.04 Å². The molecule has 1 atom stereocenters. The summed E-state index contributed by atoms with van der Waals surface area (Å²) in [6.07, 6.45) is 6.20. The molecule has 2 amide bonds. The standard InChI is InChI=1S/C25H22FN5O2S/c1-15(23(32)27-9-8-17-14-28-20-7-5-18(26)13-19(17)20)29-24(33)16-4-6-21-22(12-16)34-25(30-21)31-10-2-3-11-31/h2-7,10-15,28H,8-9H2,1H3,(H,27,32)(H,29,33). The Morgan fingerprint density at radius 2 is 2.00 bits per heavy atom. The molecule has 0 radical (unpaired) electrons.